The molecule has 0 saturated carbocycles. The highest BCUT2D eigenvalue weighted by Gasteiger charge is 2.30. The SMILES string of the molecule is CCc1coc(-c2cnc(N3CCC(C(=O)NS(=O)(=O)c4ccc(Cl)s4)CC3)c(N(C)C)c2)n1. The van der Waals surface area contributed by atoms with E-state index in [4.69, 9.17) is 16.0 Å². The molecule has 1 saturated heterocycles. The van der Waals surface area contributed by atoms with E-state index in [9.17, 15) is 13.2 Å². The van der Waals surface area contributed by atoms with E-state index in [1.165, 1.54) is 12.1 Å². The zero-order valence-corrected chi connectivity index (χ0v) is 21.5. The Kier molecular flexibility index (Phi) is 7.15. The number of oxazole rings is 1. The third-order valence-electron chi connectivity index (χ3n) is 5.70. The second-order valence-electron chi connectivity index (χ2n) is 8.25. The molecule has 3 aromatic rings. The van der Waals surface area contributed by atoms with E-state index in [0.717, 1.165) is 40.5 Å². The molecule has 34 heavy (non-hydrogen) atoms. The number of thiophene rings is 1. The largest absolute Gasteiger partial charge is 0.444 e. The molecule has 9 nitrogen and oxygen atoms in total. The number of piperidine rings is 1. The first-order valence-corrected chi connectivity index (χ1v) is 13.5. The lowest BCUT2D eigenvalue weighted by Crippen LogP contribution is -2.42. The standard InChI is InChI=1S/C22H26ClN5O4S2/c1-4-16-13-32-22(25-16)15-11-17(27(2)3)20(24-12-15)28-9-7-14(8-10-28)21(29)26-34(30,31)19-6-5-18(23)33-19/h5-6,11-14H,4,7-10H2,1-3H3,(H,26,29). The fourth-order valence-electron chi connectivity index (χ4n) is 3.80. The van der Waals surface area contributed by atoms with Gasteiger partial charge in [0.15, 0.2) is 5.82 Å². The van der Waals surface area contributed by atoms with Gasteiger partial charge >= 0.3 is 0 Å². The maximum atomic E-state index is 12.7. The molecule has 1 aliphatic rings. The van der Waals surface area contributed by atoms with Gasteiger partial charge in [-0.15, -0.1) is 11.3 Å². The molecule has 0 spiro atoms. The van der Waals surface area contributed by atoms with Crippen LogP contribution in [0.1, 0.15) is 25.5 Å². The Balaban J connectivity index is 1.44. The van der Waals surface area contributed by atoms with Crippen LogP contribution < -0.4 is 14.5 Å². The van der Waals surface area contributed by atoms with Gasteiger partial charge in [-0.25, -0.2) is 23.1 Å². The molecule has 1 fully saturated rings. The zero-order valence-electron chi connectivity index (χ0n) is 19.1. The monoisotopic (exact) mass is 523 g/mol. The molecule has 0 aliphatic carbocycles. The maximum Gasteiger partial charge on any atom is 0.273 e. The number of aromatic nitrogens is 2. The van der Waals surface area contributed by atoms with Gasteiger partial charge in [-0.3, -0.25) is 4.79 Å². The number of aryl methyl sites for hydroxylation is 1. The normalized spacial score (nSPS) is 14.9. The number of carbonyl (C=O) groups is 1. The topological polar surface area (TPSA) is 109 Å². The Morgan fingerprint density at radius 1 is 1.32 bits per heavy atom. The summed E-state index contributed by atoms with van der Waals surface area (Å²) in [6.07, 6.45) is 5.22. The van der Waals surface area contributed by atoms with Crippen LogP contribution in [0.5, 0.6) is 0 Å². The summed E-state index contributed by atoms with van der Waals surface area (Å²) < 4.78 is 33.1. The second-order valence-corrected chi connectivity index (χ2v) is 11.9. The molecule has 4 rings (SSSR count). The van der Waals surface area contributed by atoms with Crippen molar-refractivity contribution in [1.82, 2.24) is 14.7 Å². The van der Waals surface area contributed by atoms with Crippen LogP contribution in [-0.2, 0) is 21.2 Å². The van der Waals surface area contributed by atoms with Crippen molar-refractivity contribution < 1.29 is 17.6 Å². The van der Waals surface area contributed by atoms with Crippen molar-refractivity contribution in [3.63, 3.8) is 0 Å². The summed E-state index contributed by atoms with van der Waals surface area (Å²) in [5, 5.41) is 0. The third-order valence-corrected chi connectivity index (χ3v) is 8.77. The first kappa shape index (κ1) is 24.5. The molecule has 4 heterocycles. The first-order valence-electron chi connectivity index (χ1n) is 10.9. The fourth-order valence-corrected chi connectivity index (χ4v) is 6.33. The third kappa shape index (κ3) is 5.21. The minimum absolute atomic E-state index is 0.0281. The summed E-state index contributed by atoms with van der Waals surface area (Å²) in [6.45, 7) is 3.18. The van der Waals surface area contributed by atoms with Crippen molar-refractivity contribution in [3.8, 4) is 11.5 Å². The second kappa shape index (κ2) is 9.93. The lowest BCUT2D eigenvalue weighted by atomic mass is 9.96. The number of carbonyl (C=O) groups excluding carboxylic acids is 1. The summed E-state index contributed by atoms with van der Waals surface area (Å²) in [5.74, 6) is 0.442. The summed E-state index contributed by atoms with van der Waals surface area (Å²) in [5.41, 5.74) is 2.59. The van der Waals surface area contributed by atoms with E-state index in [0.29, 0.717) is 36.2 Å². The van der Waals surface area contributed by atoms with Crippen molar-refractivity contribution >= 4 is 50.4 Å². The number of nitrogens with one attached hydrogen (secondary N) is 1. The first-order chi connectivity index (χ1) is 16.2. The Hall–Kier alpha value is -2.63. The number of hydrogen-bond donors (Lipinski definition) is 1. The van der Waals surface area contributed by atoms with Gasteiger partial charge in [0.1, 0.15) is 10.5 Å². The number of anilines is 2. The van der Waals surface area contributed by atoms with Crippen molar-refractivity contribution in [2.75, 3.05) is 37.0 Å². The highest BCUT2D eigenvalue weighted by Crippen LogP contribution is 2.33. The van der Waals surface area contributed by atoms with E-state index < -0.39 is 21.8 Å². The Labute approximate surface area is 207 Å². The lowest BCUT2D eigenvalue weighted by Gasteiger charge is -2.34. The number of pyridine rings is 1. The van der Waals surface area contributed by atoms with Crippen LogP contribution >= 0.6 is 22.9 Å². The molecule has 0 aromatic carbocycles. The van der Waals surface area contributed by atoms with Crippen LogP contribution in [0, 0.1) is 5.92 Å². The van der Waals surface area contributed by atoms with Crippen molar-refractivity contribution in [3.05, 3.63) is 40.7 Å². The van der Waals surface area contributed by atoms with E-state index in [1.807, 2.05) is 32.0 Å². The van der Waals surface area contributed by atoms with Crippen LogP contribution in [-0.4, -0.2) is 51.5 Å². The fraction of sp³-hybridized carbons (Fsp3) is 0.409. The van der Waals surface area contributed by atoms with Gasteiger partial charge in [0, 0.05) is 39.3 Å². The predicted molar refractivity (Wildman–Crippen MR) is 133 cm³/mol. The molecule has 0 atom stereocenters. The van der Waals surface area contributed by atoms with Crippen LogP contribution in [0.4, 0.5) is 11.5 Å². The van der Waals surface area contributed by atoms with Crippen LogP contribution in [0.15, 0.2) is 39.3 Å². The van der Waals surface area contributed by atoms with Crippen LogP contribution in [0.25, 0.3) is 11.5 Å². The molecular weight excluding hydrogens is 498 g/mol. The number of sulfonamides is 1. The van der Waals surface area contributed by atoms with Gasteiger partial charge in [0.05, 0.1) is 21.3 Å². The smallest absolute Gasteiger partial charge is 0.273 e. The van der Waals surface area contributed by atoms with Gasteiger partial charge in [-0.1, -0.05) is 18.5 Å². The number of hydrogen-bond acceptors (Lipinski definition) is 9. The average molecular weight is 524 g/mol. The minimum atomic E-state index is -3.92. The highest BCUT2D eigenvalue weighted by molar-refractivity contribution is 7.92. The molecule has 12 heteroatoms. The quantitative estimate of drug-likeness (QED) is 0.498. The number of rotatable bonds is 7. The van der Waals surface area contributed by atoms with Gasteiger partial charge < -0.3 is 14.2 Å². The molecule has 182 valence electrons. The summed E-state index contributed by atoms with van der Waals surface area (Å²) in [7, 11) is -0.0286. The molecule has 1 N–H and O–H groups in total. The molecule has 0 bridgehead atoms. The minimum Gasteiger partial charge on any atom is -0.444 e. The predicted octanol–water partition coefficient (Wildman–Crippen LogP) is 3.80. The summed E-state index contributed by atoms with van der Waals surface area (Å²) >= 11 is 6.75. The lowest BCUT2D eigenvalue weighted by molar-refractivity contribution is -0.123. The van der Waals surface area contributed by atoms with Crippen molar-refractivity contribution in [1.29, 1.82) is 0 Å². The van der Waals surface area contributed by atoms with Gasteiger partial charge in [0.2, 0.25) is 11.8 Å². The maximum absolute atomic E-state index is 12.7. The van der Waals surface area contributed by atoms with Gasteiger partial charge in [-0.2, -0.15) is 0 Å². The molecule has 1 aliphatic heterocycles. The molecule has 1 amide bonds. The number of amides is 1. The molecule has 0 radical (unpaired) electrons. The summed E-state index contributed by atoms with van der Waals surface area (Å²) in [6, 6.07) is 4.88. The van der Waals surface area contributed by atoms with Gasteiger partial charge in [-0.05, 0) is 37.5 Å². The number of nitrogens with zero attached hydrogens (tertiary/aromatic N) is 4. The van der Waals surface area contributed by atoms with Crippen molar-refractivity contribution in [2.24, 2.45) is 5.92 Å². The Morgan fingerprint density at radius 3 is 2.65 bits per heavy atom. The molecule has 3 aromatic heterocycles. The highest BCUT2D eigenvalue weighted by atomic mass is 35.5. The molecular formula is C22H26ClN5O4S2. The van der Waals surface area contributed by atoms with E-state index >= 15 is 0 Å². The molecule has 0 unspecified atom stereocenters. The van der Waals surface area contributed by atoms with Crippen molar-refractivity contribution in [2.45, 2.75) is 30.4 Å². The van der Waals surface area contributed by atoms with Crippen LogP contribution in [0.3, 0.4) is 0 Å². The van der Waals surface area contributed by atoms with Gasteiger partial charge in [0.25, 0.3) is 10.0 Å². The summed E-state index contributed by atoms with van der Waals surface area (Å²) in [4.78, 5) is 25.9. The van der Waals surface area contributed by atoms with E-state index in [2.05, 4.69) is 19.6 Å². The zero-order chi connectivity index (χ0) is 24.5. The average Bonchev–Trinajstić information content (AvgIpc) is 3.48. The van der Waals surface area contributed by atoms with Crippen LogP contribution in [0.2, 0.25) is 4.34 Å². The van der Waals surface area contributed by atoms with E-state index in [-0.39, 0.29) is 4.21 Å². The van der Waals surface area contributed by atoms with E-state index in [1.54, 1.807) is 12.5 Å². The Morgan fingerprint density at radius 2 is 2.06 bits per heavy atom. The Bertz CT molecular complexity index is 1280. The number of halogens is 1.